The smallest absolute Gasteiger partial charge is 0.238 e. The van der Waals surface area contributed by atoms with Gasteiger partial charge in [0.1, 0.15) is 0 Å². The fraction of sp³-hybridized carbons (Fsp3) is 0.500. The average Bonchev–Trinajstić information content (AvgIpc) is 2.48. The molecule has 0 unspecified atom stereocenters. The first-order valence-corrected chi connectivity index (χ1v) is 9.31. The lowest BCUT2D eigenvalue weighted by molar-refractivity contribution is -0.116. The largest absolute Gasteiger partial charge is 0.325 e. The third-order valence-electron chi connectivity index (χ3n) is 3.05. The molecule has 1 aromatic rings. The number of anilines is 2. The Morgan fingerprint density at radius 1 is 0.955 bits per heavy atom. The minimum absolute atomic E-state index is 0.0744. The average molecular weight is 434 g/mol. The standard InChI is InChI=1S/C16H22Br2N2O2/c1-3-6-13(17)15(21)19-11-8-5-9-12(10-11)20-16(22)14(18)7-4-2/h5,8-10,13-14H,3-4,6-7H2,1-2H3,(H,19,21)(H,20,22)/t13-,14-/m0/s1. The van der Waals surface area contributed by atoms with Crippen LogP contribution in [0, 0.1) is 0 Å². The van der Waals surface area contributed by atoms with Crippen LogP contribution in [0.25, 0.3) is 0 Å². The van der Waals surface area contributed by atoms with Crippen molar-refractivity contribution in [2.45, 2.75) is 49.2 Å². The molecule has 0 heterocycles. The molecule has 0 aromatic heterocycles. The topological polar surface area (TPSA) is 58.2 Å². The zero-order chi connectivity index (χ0) is 16.5. The van der Waals surface area contributed by atoms with Crippen molar-refractivity contribution in [3.8, 4) is 0 Å². The summed E-state index contributed by atoms with van der Waals surface area (Å²) >= 11 is 6.74. The molecule has 1 aromatic carbocycles. The van der Waals surface area contributed by atoms with Crippen LogP contribution >= 0.6 is 31.9 Å². The van der Waals surface area contributed by atoms with Crippen LogP contribution in [0.3, 0.4) is 0 Å². The number of nitrogens with one attached hydrogen (secondary N) is 2. The van der Waals surface area contributed by atoms with Crippen molar-refractivity contribution in [3.05, 3.63) is 24.3 Å². The fourth-order valence-corrected chi connectivity index (χ4v) is 3.03. The molecule has 0 spiro atoms. The molecule has 2 atom stereocenters. The van der Waals surface area contributed by atoms with Gasteiger partial charge in [-0.15, -0.1) is 0 Å². The number of alkyl halides is 2. The van der Waals surface area contributed by atoms with Gasteiger partial charge in [-0.05, 0) is 31.0 Å². The molecule has 0 saturated heterocycles. The van der Waals surface area contributed by atoms with Gasteiger partial charge in [-0.3, -0.25) is 9.59 Å². The van der Waals surface area contributed by atoms with Gasteiger partial charge in [-0.1, -0.05) is 64.6 Å². The number of hydrogen-bond donors (Lipinski definition) is 2. The van der Waals surface area contributed by atoms with Gasteiger partial charge in [0.05, 0.1) is 9.65 Å². The molecule has 6 heteroatoms. The zero-order valence-corrected chi connectivity index (χ0v) is 16.0. The Morgan fingerprint density at radius 3 is 1.73 bits per heavy atom. The lowest BCUT2D eigenvalue weighted by Crippen LogP contribution is -2.24. The maximum atomic E-state index is 12.0. The summed E-state index contributed by atoms with van der Waals surface area (Å²) in [6, 6.07) is 7.16. The summed E-state index contributed by atoms with van der Waals surface area (Å²) in [5.41, 5.74) is 1.34. The lowest BCUT2D eigenvalue weighted by Gasteiger charge is -2.13. The van der Waals surface area contributed by atoms with Crippen molar-refractivity contribution in [2.75, 3.05) is 10.6 Å². The van der Waals surface area contributed by atoms with Crippen LogP contribution in [-0.2, 0) is 9.59 Å². The number of carbonyl (C=O) groups is 2. The van der Waals surface area contributed by atoms with Crippen molar-refractivity contribution in [1.82, 2.24) is 0 Å². The summed E-state index contributed by atoms with van der Waals surface area (Å²) in [6.07, 6.45) is 3.43. The van der Waals surface area contributed by atoms with E-state index in [0.717, 1.165) is 25.7 Å². The number of halogens is 2. The van der Waals surface area contributed by atoms with Gasteiger partial charge in [-0.25, -0.2) is 0 Å². The van der Waals surface area contributed by atoms with E-state index in [4.69, 9.17) is 0 Å². The third kappa shape index (κ3) is 6.48. The molecule has 0 radical (unpaired) electrons. The summed E-state index contributed by atoms with van der Waals surface area (Å²) in [5.74, 6) is -0.149. The highest BCUT2D eigenvalue weighted by molar-refractivity contribution is 9.10. The highest BCUT2D eigenvalue weighted by atomic mass is 79.9. The summed E-state index contributed by atoms with van der Waals surface area (Å²) < 4.78 is 0. The summed E-state index contributed by atoms with van der Waals surface area (Å²) in [5, 5.41) is 5.69. The number of hydrogen-bond acceptors (Lipinski definition) is 2. The molecule has 0 aliphatic rings. The molecule has 0 aliphatic heterocycles. The molecule has 0 aliphatic carbocycles. The number of benzene rings is 1. The van der Waals surface area contributed by atoms with Crippen LogP contribution < -0.4 is 10.6 Å². The SMILES string of the molecule is CCC[C@H](Br)C(=O)Nc1cccc(NC(=O)[C@@H](Br)CCC)c1. The predicted octanol–water partition coefficient (Wildman–Crippen LogP) is 4.69. The van der Waals surface area contributed by atoms with Crippen LogP contribution in [0.1, 0.15) is 39.5 Å². The second-order valence-electron chi connectivity index (χ2n) is 5.07. The molecule has 122 valence electrons. The van der Waals surface area contributed by atoms with E-state index in [1.807, 2.05) is 13.8 Å². The summed E-state index contributed by atoms with van der Waals surface area (Å²) in [6.45, 7) is 4.06. The monoisotopic (exact) mass is 432 g/mol. The van der Waals surface area contributed by atoms with E-state index in [-0.39, 0.29) is 21.5 Å². The highest BCUT2D eigenvalue weighted by Gasteiger charge is 2.15. The zero-order valence-electron chi connectivity index (χ0n) is 12.9. The first-order chi connectivity index (χ1) is 10.5. The van der Waals surface area contributed by atoms with E-state index < -0.39 is 0 Å². The van der Waals surface area contributed by atoms with Crippen LogP contribution in [0.15, 0.2) is 24.3 Å². The van der Waals surface area contributed by atoms with Crippen molar-refractivity contribution in [2.24, 2.45) is 0 Å². The minimum Gasteiger partial charge on any atom is -0.325 e. The van der Waals surface area contributed by atoms with Gasteiger partial charge in [0.15, 0.2) is 0 Å². The molecule has 0 fully saturated rings. The second-order valence-corrected chi connectivity index (χ2v) is 7.28. The Balaban J connectivity index is 2.66. The Labute approximate surface area is 148 Å². The van der Waals surface area contributed by atoms with Crippen LogP contribution in [0.4, 0.5) is 11.4 Å². The van der Waals surface area contributed by atoms with E-state index in [1.165, 1.54) is 0 Å². The fourth-order valence-electron chi connectivity index (χ4n) is 1.88. The van der Waals surface area contributed by atoms with Crippen molar-refractivity contribution < 1.29 is 9.59 Å². The molecule has 22 heavy (non-hydrogen) atoms. The van der Waals surface area contributed by atoms with E-state index in [2.05, 4.69) is 42.5 Å². The summed E-state index contributed by atoms with van der Waals surface area (Å²) in [4.78, 5) is 23.5. The number of carbonyl (C=O) groups excluding carboxylic acids is 2. The Kier molecular flexibility index (Phi) is 8.71. The highest BCUT2D eigenvalue weighted by Crippen LogP contribution is 2.19. The molecule has 2 amide bonds. The molecule has 0 bridgehead atoms. The molecular weight excluding hydrogens is 412 g/mol. The maximum Gasteiger partial charge on any atom is 0.238 e. The van der Waals surface area contributed by atoms with Gasteiger partial charge >= 0.3 is 0 Å². The number of rotatable bonds is 8. The van der Waals surface area contributed by atoms with Gasteiger partial charge in [-0.2, -0.15) is 0 Å². The first kappa shape index (κ1) is 19.2. The minimum atomic E-state index is -0.202. The van der Waals surface area contributed by atoms with E-state index in [1.54, 1.807) is 24.3 Å². The van der Waals surface area contributed by atoms with Crippen LogP contribution in [0.5, 0.6) is 0 Å². The third-order valence-corrected chi connectivity index (χ3v) is 4.80. The quantitative estimate of drug-likeness (QED) is 0.584. The lowest BCUT2D eigenvalue weighted by atomic mass is 10.2. The van der Waals surface area contributed by atoms with Gasteiger partial charge in [0.25, 0.3) is 0 Å². The van der Waals surface area contributed by atoms with Crippen molar-refractivity contribution in [3.63, 3.8) is 0 Å². The molecular formula is C16H22Br2N2O2. The van der Waals surface area contributed by atoms with Crippen molar-refractivity contribution in [1.29, 1.82) is 0 Å². The van der Waals surface area contributed by atoms with Gasteiger partial charge < -0.3 is 10.6 Å². The predicted molar refractivity (Wildman–Crippen MR) is 98.9 cm³/mol. The Hall–Kier alpha value is -0.880. The van der Waals surface area contributed by atoms with Gasteiger partial charge in [0, 0.05) is 11.4 Å². The Morgan fingerprint density at radius 2 is 1.36 bits per heavy atom. The van der Waals surface area contributed by atoms with E-state index in [0.29, 0.717) is 11.4 Å². The second kappa shape index (κ2) is 10.0. The van der Waals surface area contributed by atoms with Crippen molar-refractivity contribution >= 4 is 55.0 Å². The van der Waals surface area contributed by atoms with Crippen LogP contribution in [0.2, 0.25) is 0 Å². The normalized spacial score (nSPS) is 13.3. The van der Waals surface area contributed by atoms with E-state index in [9.17, 15) is 9.59 Å². The number of amides is 2. The summed E-state index contributed by atoms with van der Waals surface area (Å²) in [7, 11) is 0. The van der Waals surface area contributed by atoms with Gasteiger partial charge in [0.2, 0.25) is 11.8 Å². The van der Waals surface area contributed by atoms with Crippen LogP contribution in [-0.4, -0.2) is 21.5 Å². The molecule has 4 nitrogen and oxygen atoms in total. The molecule has 2 N–H and O–H groups in total. The molecule has 0 saturated carbocycles. The van der Waals surface area contributed by atoms with E-state index >= 15 is 0 Å². The Bertz CT molecular complexity index is 467. The first-order valence-electron chi connectivity index (χ1n) is 7.47. The molecule has 1 rings (SSSR count). The maximum absolute atomic E-state index is 12.0.